The van der Waals surface area contributed by atoms with Gasteiger partial charge in [0.2, 0.25) is 17.7 Å². The summed E-state index contributed by atoms with van der Waals surface area (Å²) in [6.45, 7) is 0. The van der Waals surface area contributed by atoms with Crippen molar-refractivity contribution in [3.05, 3.63) is 53.6 Å². The minimum absolute atomic E-state index is 0.127. The number of likely N-dealkylation sites (tertiary alicyclic amines) is 1. The summed E-state index contributed by atoms with van der Waals surface area (Å²) in [5, 5.41) is 26.1. The number of carbonyl (C=O) groups excluding carboxylic acids is 3. The fourth-order valence-electron chi connectivity index (χ4n) is 6.78. The molecule has 0 radical (unpaired) electrons. The zero-order valence-corrected chi connectivity index (χ0v) is 19.4. The number of carbonyl (C=O) groups is 3. The molecular weight excluding hydrogens is 446 g/mol. The molecule has 1 aliphatic carbocycles. The molecular formula is C27H29N3O5. The van der Waals surface area contributed by atoms with E-state index in [-0.39, 0.29) is 35.3 Å². The Kier molecular flexibility index (Phi) is 5.11. The minimum Gasteiger partial charge on any atom is -0.504 e. The normalized spacial score (nSPS) is 30.5. The highest BCUT2D eigenvalue weighted by molar-refractivity contribution is 6.15. The Bertz CT molecular complexity index is 1220. The Morgan fingerprint density at radius 1 is 0.914 bits per heavy atom. The van der Waals surface area contributed by atoms with Crippen molar-refractivity contribution in [1.29, 1.82) is 0 Å². The van der Waals surface area contributed by atoms with Crippen molar-refractivity contribution >= 4 is 23.4 Å². The summed E-state index contributed by atoms with van der Waals surface area (Å²) >= 11 is 0. The fourth-order valence-corrected chi connectivity index (χ4v) is 6.78. The molecule has 3 amide bonds. The minimum atomic E-state index is -1.32. The summed E-state index contributed by atoms with van der Waals surface area (Å²) in [6.07, 6.45) is 6.11. The van der Waals surface area contributed by atoms with E-state index in [1.165, 1.54) is 17.0 Å². The maximum atomic E-state index is 14.0. The maximum Gasteiger partial charge on any atom is 0.250 e. The molecule has 0 unspecified atom stereocenters. The molecule has 2 aromatic rings. The van der Waals surface area contributed by atoms with Crippen molar-refractivity contribution in [2.24, 2.45) is 11.8 Å². The van der Waals surface area contributed by atoms with E-state index in [2.05, 4.69) is 10.6 Å². The molecule has 35 heavy (non-hydrogen) atoms. The molecule has 1 spiro atoms. The van der Waals surface area contributed by atoms with Crippen molar-refractivity contribution in [3.8, 4) is 11.5 Å². The van der Waals surface area contributed by atoms with Crippen LogP contribution in [0.3, 0.4) is 0 Å². The van der Waals surface area contributed by atoms with Crippen LogP contribution in [0.25, 0.3) is 0 Å². The van der Waals surface area contributed by atoms with Crippen molar-refractivity contribution < 1.29 is 24.6 Å². The Hall–Kier alpha value is -3.39. The summed E-state index contributed by atoms with van der Waals surface area (Å²) in [5.74, 6) is -2.78. The number of para-hydroxylation sites is 1. The number of hydrogen-bond acceptors (Lipinski definition) is 6. The van der Waals surface area contributed by atoms with Gasteiger partial charge in [-0.25, -0.2) is 0 Å². The highest BCUT2D eigenvalue weighted by Gasteiger charge is 2.70. The summed E-state index contributed by atoms with van der Waals surface area (Å²) in [6, 6.07) is 11.3. The van der Waals surface area contributed by atoms with E-state index in [0.29, 0.717) is 23.2 Å². The van der Waals surface area contributed by atoms with Gasteiger partial charge >= 0.3 is 0 Å². The van der Waals surface area contributed by atoms with Crippen LogP contribution in [-0.2, 0) is 26.3 Å². The topological polar surface area (TPSA) is 119 Å². The molecule has 8 nitrogen and oxygen atoms in total. The predicted octanol–water partition coefficient (Wildman–Crippen LogP) is 2.78. The van der Waals surface area contributed by atoms with E-state index in [1.54, 1.807) is 6.07 Å². The molecule has 4 N–H and O–H groups in total. The highest BCUT2D eigenvalue weighted by Crippen LogP contribution is 2.54. The Morgan fingerprint density at radius 3 is 2.40 bits per heavy atom. The lowest BCUT2D eigenvalue weighted by Gasteiger charge is -2.32. The van der Waals surface area contributed by atoms with Crippen LogP contribution < -0.4 is 10.6 Å². The number of amides is 3. The second-order valence-corrected chi connectivity index (χ2v) is 10.3. The SMILES string of the molecule is O=C1[C@@H]2[C@@H](Cc3ccc(O)c(O)c3)N[C@@]3(C(=O)Nc4ccccc43)[C@H]2C(=O)N1C1CCCCCC1. The lowest BCUT2D eigenvalue weighted by atomic mass is 9.76. The van der Waals surface area contributed by atoms with Crippen LogP contribution in [0.4, 0.5) is 5.69 Å². The van der Waals surface area contributed by atoms with Crippen molar-refractivity contribution in [3.63, 3.8) is 0 Å². The first-order valence-corrected chi connectivity index (χ1v) is 12.5. The zero-order valence-electron chi connectivity index (χ0n) is 19.4. The van der Waals surface area contributed by atoms with E-state index in [0.717, 1.165) is 38.5 Å². The van der Waals surface area contributed by atoms with Gasteiger partial charge in [-0.3, -0.25) is 24.6 Å². The Balaban J connectivity index is 1.44. The van der Waals surface area contributed by atoms with Crippen LogP contribution in [0.5, 0.6) is 11.5 Å². The van der Waals surface area contributed by atoms with E-state index in [4.69, 9.17) is 0 Å². The number of rotatable bonds is 3. The molecule has 3 aliphatic heterocycles. The number of phenolic OH excluding ortho intramolecular Hbond substituents is 2. The van der Waals surface area contributed by atoms with Gasteiger partial charge in [-0.15, -0.1) is 0 Å². The van der Waals surface area contributed by atoms with Gasteiger partial charge in [0.05, 0.1) is 11.8 Å². The number of hydrogen-bond donors (Lipinski definition) is 4. The first-order chi connectivity index (χ1) is 16.9. The van der Waals surface area contributed by atoms with Crippen molar-refractivity contribution in [2.45, 2.75) is 62.6 Å². The van der Waals surface area contributed by atoms with Gasteiger partial charge in [-0.2, -0.15) is 0 Å². The van der Waals surface area contributed by atoms with E-state index in [9.17, 15) is 24.6 Å². The molecule has 8 heteroatoms. The molecule has 4 atom stereocenters. The summed E-state index contributed by atoms with van der Waals surface area (Å²) < 4.78 is 0. The quantitative estimate of drug-likeness (QED) is 0.308. The Morgan fingerprint density at radius 2 is 1.66 bits per heavy atom. The number of fused-ring (bicyclic) bond motifs is 4. The second kappa shape index (κ2) is 8.09. The molecule has 4 aliphatic rings. The smallest absolute Gasteiger partial charge is 0.250 e. The lowest BCUT2D eigenvalue weighted by molar-refractivity contribution is -0.145. The van der Waals surface area contributed by atoms with Gasteiger partial charge in [0.25, 0.3) is 0 Å². The van der Waals surface area contributed by atoms with Crippen LogP contribution in [0.2, 0.25) is 0 Å². The molecule has 6 rings (SSSR count). The van der Waals surface area contributed by atoms with Crippen LogP contribution in [0, 0.1) is 11.8 Å². The van der Waals surface area contributed by atoms with Gasteiger partial charge in [0.15, 0.2) is 11.5 Å². The molecule has 3 heterocycles. The number of benzene rings is 2. The second-order valence-electron chi connectivity index (χ2n) is 10.3. The third-order valence-corrected chi connectivity index (χ3v) is 8.34. The number of anilines is 1. The maximum absolute atomic E-state index is 14.0. The van der Waals surface area contributed by atoms with E-state index in [1.807, 2.05) is 24.3 Å². The third-order valence-electron chi connectivity index (χ3n) is 8.34. The monoisotopic (exact) mass is 475 g/mol. The van der Waals surface area contributed by atoms with Gasteiger partial charge in [-0.1, -0.05) is 49.9 Å². The Labute approximate surface area is 203 Å². The standard InChI is InChI=1S/C27H29N3O5/c31-20-12-11-15(14-21(20)32)13-19-22-23(25(34)30(24(22)33)16-7-3-1-2-4-8-16)27(29-19)17-9-5-6-10-18(17)28-26(27)35/h5-6,9-12,14,16,19,22-23,29,31-32H,1-4,7-8,13H2,(H,28,35)/t19-,22-,23-,27-/m1/s1. The summed E-state index contributed by atoms with van der Waals surface area (Å²) in [5.41, 5.74) is 0.727. The fraction of sp³-hybridized carbons (Fsp3) is 0.444. The third kappa shape index (κ3) is 3.19. The predicted molar refractivity (Wildman–Crippen MR) is 127 cm³/mol. The van der Waals surface area contributed by atoms with Crippen LogP contribution in [-0.4, -0.2) is 44.9 Å². The van der Waals surface area contributed by atoms with Crippen molar-refractivity contribution in [2.75, 3.05) is 5.32 Å². The lowest BCUT2D eigenvalue weighted by Crippen LogP contribution is -2.54. The average molecular weight is 476 g/mol. The van der Waals surface area contributed by atoms with Crippen molar-refractivity contribution in [1.82, 2.24) is 10.2 Å². The number of aromatic hydroxyl groups is 2. The van der Waals surface area contributed by atoms with Gasteiger partial charge in [0.1, 0.15) is 5.54 Å². The van der Waals surface area contributed by atoms with Crippen LogP contribution in [0.1, 0.15) is 49.7 Å². The molecule has 0 bridgehead atoms. The number of nitrogens with zero attached hydrogens (tertiary/aromatic N) is 1. The van der Waals surface area contributed by atoms with Crippen LogP contribution in [0.15, 0.2) is 42.5 Å². The summed E-state index contributed by atoms with van der Waals surface area (Å²) in [7, 11) is 0. The number of phenols is 2. The molecule has 3 fully saturated rings. The van der Waals surface area contributed by atoms with E-state index < -0.39 is 23.4 Å². The van der Waals surface area contributed by atoms with Gasteiger partial charge in [0, 0.05) is 23.3 Å². The summed E-state index contributed by atoms with van der Waals surface area (Å²) in [4.78, 5) is 43.0. The van der Waals surface area contributed by atoms with Gasteiger partial charge in [-0.05, 0) is 43.0 Å². The molecule has 1 saturated carbocycles. The number of imide groups is 1. The first kappa shape index (κ1) is 22.1. The molecule has 2 saturated heterocycles. The first-order valence-electron chi connectivity index (χ1n) is 12.5. The average Bonchev–Trinajstić information content (AvgIpc) is 3.30. The molecule has 2 aromatic carbocycles. The largest absolute Gasteiger partial charge is 0.504 e. The molecule has 0 aromatic heterocycles. The highest BCUT2D eigenvalue weighted by atomic mass is 16.3. The number of nitrogens with one attached hydrogen (secondary N) is 2. The van der Waals surface area contributed by atoms with Gasteiger partial charge < -0.3 is 15.5 Å². The van der Waals surface area contributed by atoms with E-state index >= 15 is 0 Å². The molecule has 182 valence electrons. The zero-order chi connectivity index (χ0) is 24.3. The van der Waals surface area contributed by atoms with Crippen LogP contribution >= 0.6 is 0 Å².